The lowest BCUT2D eigenvalue weighted by molar-refractivity contribution is 0.283. The Kier molecular flexibility index (Phi) is 6.49. The van der Waals surface area contributed by atoms with Gasteiger partial charge in [-0.15, -0.1) is 0 Å². The maximum Gasteiger partial charge on any atom is 0.123 e. The highest BCUT2D eigenvalue weighted by Gasteiger charge is 2.15. The molecule has 0 spiro atoms. The van der Waals surface area contributed by atoms with E-state index in [-0.39, 0.29) is 12.6 Å². The van der Waals surface area contributed by atoms with Crippen LogP contribution in [0.4, 0.5) is 0 Å². The van der Waals surface area contributed by atoms with Crippen molar-refractivity contribution < 1.29 is 14.6 Å². The predicted octanol–water partition coefficient (Wildman–Crippen LogP) is 0.676. The Bertz CT molecular complexity index is 358. The SMILES string of the molecule is COc1ccc(OC)c(C(CN)NCCCO)c1. The Labute approximate surface area is 108 Å². The van der Waals surface area contributed by atoms with Crippen molar-refractivity contribution in [1.82, 2.24) is 5.32 Å². The Balaban J connectivity index is 2.87. The van der Waals surface area contributed by atoms with Crippen LogP contribution in [0.1, 0.15) is 18.0 Å². The topological polar surface area (TPSA) is 76.7 Å². The minimum Gasteiger partial charge on any atom is -0.497 e. The molecule has 5 nitrogen and oxygen atoms in total. The molecule has 1 aromatic carbocycles. The Morgan fingerprint density at radius 1 is 1.33 bits per heavy atom. The zero-order valence-electron chi connectivity index (χ0n) is 11.0. The number of hydrogen-bond acceptors (Lipinski definition) is 5. The second kappa shape index (κ2) is 7.92. The Morgan fingerprint density at radius 2 is 2.11 bits per heavy atom. The molecule has 0 aliphatic heterocycles. The molecule has 1 atom stereocenters. The third-order valence-electron chi connectivity index (χ3n) is 2.77. The van der Waals surface area contributed by atoms with E-state index >= 15 is 0 Å². The smallest absolute Gasteiger partial charge is 0.123 e. The molecule has 0 amide bonds. The van der Waals surface area contributed by atoms with Crippen LogP contribution < -0.4 is 20.5 Å². The van der Waals surface area contributed by atoms with E-state index in [1.807, 2.05) is 18.2 Å². The molecule has 0 heterocycles. The van der Waals surface area contributed by atoms with E-state index in [1.54, 1.807) is 14.2 Å². The van der Waals surface area contributed by atoms with Gasteiger partial charge in [-0.05, 0) is 31.2 Å². The molecule has 1 aromatic rings. The molecular weight excluding hydrogens is 232 g/mol. The van der Waals surface area contributed by atoms with Crippen LogP contribution in [0.3, 0.4) is 0 Å². The minimum absolute atomic E-state index is 0.0124. The molecule has 4 N–H and O–H groups in total. The lowest BCUT2D eigenvalue weighted by Crippen LogP contribution is -2.29. The van der Waals surface area contributed by atoms with Crippen LogP contribution in [0.5, 0.6) is 11.5 Å². The number of rotatable bonds is 8. The van der Waals surface area contributed by atoms with Crippen LogP contribution in [0.15, 0.2) is 18.2 Å². The van der Waals surface area contributed by atoms with Crippen molar-refractivity contribution >= 4 is 0 Å². The van der Waals surface area contributed by atoms with Gasteiger partial charge in [-0.1, -0.05) is 0 Å². The summed E-state index contributed by atoms with van der Waals surface area (Å²) in [5.41, 5.74) is 6.75. The lowest BCUT2D eigenvalue weighted by atomic mass is 10.0. The van der Waals surface area contributed by atoms with Gasteiger partial charge in [0.2, 0.25) is 0 Å². The van der Waals surface area contributed by atoms with Gasteiger partial charge < -0.3 is 25.6 Å². The standard InChI is InChI=1S/C13H22N2O3/c1-17-10-4-5-13(18-2)11(8-10)12(9-14)15-6-3-7-16/h4-5,8,12,15-16H,3,6-7,9,14H2,1-2H3. The summed E-state index contributed by atoms with van der Waals surface area (Å²) >= 11 is 0. The van der Waals surface area contributed by atoms with Crippen LogP contribution in [0, 0.1) is 0 Å². The molecule has 18 heavy (non-hydrogen) atoms. The molecule has 0 bridgehead atoms. The van der Waals surface area contributed by atoms with E-state index in [1.165, 1.54) is 0 Å². The van der Waals surface area contributed by atoms with Crippen LogP contribution in [0.25, 0.3) is 0 Å². The summed E-state index contributed by atoms with van der Waals surface area (Å²) in [5.74, 6) is 1.55. The van der Waals surface area contributed by atoms with Crippen LogP contribution in [-0.4, -0.2) is 39.0 Å². The molecule has 0 fully saturated rings. The van der Waals surface area contributed by atoms with Crippen molar-refractivity contribution in [2.45, 2.75) is 12.5 Å². The molecule has 0 aromatic heterocycles. The largest absolute Gasteiger partial charge is 0.497 e. The zero-order valence-corrected chi connectivity index (χ0v) is 11.0. The fourth-order valence-corrected chi connectivity index (χ4v) is 1.79. The van der Waals surface area contributed by atoms with Crippen molar-refractivity contribution in [3.05, 3.63) is 23.8 Å². The van der Waals surface area contributed by atoms with E-state index in [9.17, 15) is 0 Å². The molecule has 0 saturated carbocycles. The molecule has 5 heteroatoms. The van der Waals surface area contributed by atoms with Gasteiger partial charge >= 0.3 is 0 Å². The summed E-state index contributed by atoms with van der Waals surface area (Å²) in [6.45, 7) is 1.33. The van der Waals surface area contributed by atoms with E-state index in [4.69, 9.17) is 20.3 Å². The average Bonchev–Trinajstić information content (AvgIpc) is 2.43. The van der Waals surface area contributed by atoms with Crippen molar-refractivity contribution in [1.29, 1.82) is 0 Å². The highest BCUT2D eigenvalue weighted by Crippen LogP contribution is 2.28. The first-order valence-corrected chi connectivity index (χ1v) is 6.03. The lowest BCUT2D eigenvalue weighted by Gasteiger charge is -2.20. The number of nitrogens with one attached hydrogen (secondary N) is 1. The summed E-state index contributed by atoms with van der Waals surface area (Å²) in [6, 6.07) is 5.62. The van der Waals surface area contributed by atoms with Gasteiger partial charge in [0.15, 0.2) is 0 Å². The fraction of sp³-hybridized carbons (Fsp3) is 0.538. The van der Waals surface area contributed by atoms with E-state index in [0.717, 1.165) is 17.1 Å². The summed E-state index contributed by atoms with van der Waals surface area (Å²) < 4.78 is 10.5. The second-order valence-electron chi connectivity index (χ2n) is 3.93. The first kappa shape index (κ1) is 14.8. The third-order valence-corrected chi connectivity index (χ3v) is 2.77. The molecule has 0 radical (unpaired) electrons. The van der Waals surface area contributed by atoms with Crippen molar-refractivity contribution in [2.24, 2.45) is 5.73 Å². The van der Waals surface area contributed by atoms with Crippen LogP contribution >= 0.6 is 0 Å². The van der Waals surface area contributed by atoms with Gasteiger partial charge in [0.05, 0.1) is 14.2 Å². The highest BCUT2D eigenvalue weighted by molar-refractivity contribution is 5.42. The Hall–Kier alpha value is -1.30. The van der Waals surface area contributed by atoms with Crippen molar-refractivity contribution in [3.8, 4) is 11.5 Å². The number of nitrogens with two attached hydrogens (primary N) is 1. The summed E-state index contributed by atoms with van der Waals surface area (Å²) in [7, 11) is 3.26. The van der Waals surface area contributed by atoms with E-state index in [2.05, 4.69) is 5.32 Å². The summed E-state index contributed by atoms with van der Waals surface area (Å²) in [5, 5.41) is 12.1. The molecule has 0 saturated heterocycles. The quantitative estimate of drug-likeness (QED) is 0.595. The average molecular weight is 254 g/mol. The number of ether oxygens (including phenoxy) is 2. The maximum absolute atomic E-state index is 8.79. The molecule has 1 rings (SSSR count). The van der Waals surface area contributed by atoms with Crippen LogP contribution in [-0.2, 0) is 0 Å². The molecular formula is C13H22N2O3. The van der Waals surface area contributed by atoms with Crippen molar-refractivity contribution in [3.63, 3.8) is 0 Å². The molecule has 0 aliphatic rings. The maximum atomic E-state index is 8.79. The van der Waals surface area contributed by atoms with E-state index in [0.29, 0.717) is 19.5 Å². The van der Waals surface area contributed by atoms with Gasteiger partial charge in [-0.3, -0.25) is 0 Å². The van der Waals surface area contributed by atoms with Crippen molar-refractivity contribution in [2.75, 3.05) is 33.9 Å². The minimum atomic E-state index is -0.0124. The normalized spacial score (nSPS) is 12.2. The fourth-order valence-electron chi connectivity index (χ4n) is 1.79. The number of aliphatic hydroxyl groups is 1. The van der Waals surface area contributed by atoms with E-state index < -0.39 is 0 Å². The van der Waals surface area contributed by atoms with Gasteiger partial charge in [-0.2, -0.15) is 0 Å². The number of hydrogen-bond donors (Lipinski definition) is 3. The Morgan fingerprint density at radius 3 is 2.67 bits per heavy atom. The second-order valence-corrected chi connectivity index (χ2v) is 3.93. The molecule has 1 unspecified atom stereocenters. The van der Waals surface area contributed by atoms with Gasteiger partial charge in [0.25, 0.3) is 0 Å². The first-order chi connectivity index (χ1) is 8.76. The number of benzene rings is 1. The van der Waals surface area contributed by atoms with Gasteiger partial charge in [0, 0.05) is 24.8 Å². The highest BCUT2D eigenvalue weighted by atomic mass is 16.5. The number of aliphatic hydroxyl groups excluding tert-OH is 1. The molecule has 102 valence electrons. The van der Waals surface area contributed by atoms with Gasteiger partial charge in [0.1, 0.15) is 11.5 Å². The monoisotopic (exact) mass is 254 g/mol. The zero-order chi connectivity index (χ0) is 13.4. The van der Waals surface area contributed by atoms with Gasteiger partial charge in [-0.25, -0.2) is 0 Å². The molecule has 0 aliphatic carbocycles. The predicted molar refractivity (Wildman–Crippen MR) is 71.0 cm³/mol. The van der Waals surface area contributed by atoms with Crippen LogP contribution in [0.2, 0.25) is 0 Å². The summed E-state index contributed by atoms with van der Waals surface area (Å²) in [6.07, 6.45) is 0.697. The third kappa shape index (κ3) is 3.87. The summed E-state index contributed by atoms with van der Waals surface area (Å²) in [4.78, 5) is 0. The number of methoxy groups -OCH3 is 2. The first-order valence-electron chi connectivity index (χ1n) is 6.03.